The number of aryl methyl sites for hydroxylation is 1. The molecule has 0 atom stereocenters. The molecule has 0 aliphatic rings. The first-order valence-corrected chi connectivity index (χ1v) is 6.14. The summed E-state index contributed by atoms with van der Waals surface area (Å²) in [7, 11) is 0. The Bertz CT molecular complexity index is 490. The molecule has 0 aliphatic heterocycles. The number of nitrogens with zero attached hydrogens (tertiary/aromatic N) is 3. The van der Waals surface area contributed by atoms with E-state index in [0.717, 1.165) is 24.2 Å². The zero-order chi connectivity index (χ0) is 13.0. The summed E-state index contributed by atoms with van der Waals surface area (Å²) >= 11 is 0. The average Bonchev–Trinajstić information content (AvgIpc) is 2.78. The molecule has 18 heavy (non-hydrogen) atoms. The molecule has 0 fully saturated rings. The Morgan fingerprint density at radius 3 is 2.78 bits per heavy atom. The highest BCUT2D eigenvalue weighted by Crippen LogP contribution is 2.16. The first-order valence-electron chi connectivity index (χ1n) is 6.14. The first-order chi connectivity index (χ1) is 8.65. The minimum absolute atomic E-state index is 0.466. The van der Waals surface area contributed by atoms with E-state index >= 15 is 0 Å². The second kappa shape index (κ2) is 5.73. The fourth-order valence-electron chi connectivity index (χ4n) is 1.53. The summed E-state index contributed by atoms with van der Waals surface area (Å²) in [4.78, 5) is 4.21. The van der Waals surface area contributed by atoms with Crippen molar-refractivity contribution < 1.29 is 4.42 Å². The fraction of sp³-hybridized carbons (Fsp3) is 0.462. The van der Waals surface area contributed by atoms with Crippen LogP contribution in [-0.2, 0) is 6.42 Å². The van der Waals surface area contributed by atoms with Crippen LogP contribution in [0.2, 0.25) is 0 Å². The lowest BCUT2D eigenvalue weighted by molar-refractivity contribution is 0.484. The van der Waals surface area contributed by atoms with E-state index in [4.69, 9.17) is 4.42 Å². The smallest absolute Gasteiger partial charge is 0.249 e. The highest BCUT2D eigenvalue weighted by Gasteiger charge is 2.08. The van der Waals surface area contributed by atoms with Crippen LogP contribution >= 0.6 is 0 Å². The highest BCUT2D eigenvalue weighted by molar-refractivity contribution is 5.50. The molecule has 0 amide bonds. The van der Waals surface area contributed by atoms with Crippen LogP contribution in [0.5, 0.6) is 0 Å². The Morgan fingerprint density at radius 1 is 1.28 bits per heavy atom. The molecule has 2 heterocycles. The number of hydrogen-bond acceptors (Lipinski definition) is 5. The van der Waals surface area contributed by atoms with Crippen molar-refractivity contribution in [1.29, 1.82) is 0 Å². The quantitative estimate of drug-likeness (QED) is 0.874. The minimum atomic E-state index is 0.466. The van der Waals surface area contributed by atoms with Crippen LogP contribution in [0, 0.1) is 6.92 Å². The van der Waals surface area contributed by atoms with Gasteiger partial charge in [-0.2, -0.15) is 0 Å². The van der Waals surface area contributed by atoms with Crippen LogP contribution in [0.4, 0.5) is 0 Å². The molecule has 0 aliphatic carbocycles. The van der Waals surface area contributed by atoms with Gasteiger partial charge in [-0.15, -0.1) is 10.2 Å². The predicted molar refractivity (Wildman–Crippen MR) is 69.1 cm³/mol. The Labute approximate surface area is 107 Å². The van der Waals surface area contributed by atoms with Crippen LogP contribution in [0.1, 0.15) is 25.4 Å². The number of hydrogen-bond donors (Lipinski definition) is 1. The number of rotatable bonds is 5. The second-order valence-corrected chi connectivity index (χ2v) is 4.55. The molecule has 2 rings (SSSR count). The van der Waals surface area contributed by atoms with Crippen LogP contribution < -0.4 is 5.32 Å². The molecule has 0 spiro atoms. The molecule has 96 valence electrons. The zero-order valence-corrected chi connectivity index (χ0v) is 11.0. The largest absolute Gasteiger partial charge is 0.421 e. The topological polar surface area (TPSA) is 63.8 Å². The van der Waals surface area contributed by atoms with E-state index in [2.05, 4.69) is 34.3 Å². The van der Waals surface area contributed by atoms with Gasteiger partial charge in [0.05, 0.1) is 5.56 Å². The van der Waals surface area contributed by atoms with Crippen molar-refractivity contribution in [1.82, 2.24) is 20.5 Å². The van der Waals surface area contributed by atoms with Gasteiger partial charge in [-0.25, -0.2) is 0 Å². The molecule has 1 N–H and O–H groups in total. The van der Waals surface area contributed by atoms with Crippen LogP contribution in [0.3, 0.4) is 0 Å². The summed E-state index contributed by atoms with van der Waals surface area (Å²) in [6.07, 6.45) is 2.49. The molecule has 0 radical (unpaired) electrons. The third kappa shape index (κ3) is 3.37. The lowest BCUT2D eigenvalue weighted by Crippen LogP contribution is -2.25. The van der Waals surface area contributed by atoms with Gasteiger partial charge in [-0.05, 0) is 19.1 Å². The summed E-state index contributed by atoms with van der Waals surface area (Å²) < 4.78 is 5.59. The van der Waals surface area contributed by atoms with Crippen molar-refractivity contribution >= 4 is 0 Å². The maximum absolute atomic E-state index is 5.59. The molecular weight excluding hydrogens is 228 g/mol. The molecule has 0 unspecified atom stereocenters. The number of nitrogens with one attached hydrogen (secondary N) is 1. The third-order valence-electron chi connectivity index (χ3n) is 2.52. The number of pyridine rings is 1. The van der Waals surface area contributed by atoms with Crippen LogP contribution in [0.25, 0.3) is 11.5 Å². The summed E-state index contributed by atoms with van der Waals surface area (Å²) in [5, 5.41) is 11.4. The standard InChI is InChI=1S/C13H18N4O/c1-9(2)14-7-6-12-16-17-13(18-12)11-5-4-10(3)15-8-11/h4-5,8-9,14H,6-7H2,1-3H3. The minimum Gasteiger partial charge on any atom is -0.421 e. The lowest BCUT2D eigenvalue weighted by atomic mass is 10.2. The second-order valence-electron chi connectivity index (χ2n) is 4.55. The van der Waals surface area contributed by atoms with Crippen molar-refractivity contribution in [3.8, 4) is 11.5 Å². The van der Waals surface area contributed by atoms with Crippen molar-refractivity contribution in [3.63, 3.8) is 0 Å². The molecular formula is C13H18N4O. The van der Waals surface area contributed by atoms with Gasteiger partial charge in [-0.1, -0.05) is 13.8 Å². The maximum Gasteiger partial charge on any atom is 0.249 e. The van der Waals surface area contributed by atoms with Gasteiger partial charge < -0.3 is 9.73 Å². The molecule has 2 aromatic rings. The Balaban J connectivity index is 1.99. The van der Waals surface area contributed by atoms with Crippen molar-refractivity contribution in [3.05, 3.63) is 29.9 Å². The highest BCUT2D eigenvalue weighted by atomic mass is 16.4. The van der Waals surface area contributed by atoms with Crippen molar-refractivity contribution in [2.45, 2.75) is 33.2 Å². The van der Waals surface area contributed by atoms with Gasteiger partial charge in [0.1, 0.15) is 0 Å². The van der Waals surface area contributed by atoms with E-state index in [9.17, 15) is 0 Å². The molecule has 0 saturated heterocycles. The summed E-state index contributed by atoms with van der Waals surface area (Å²) in [5.74, 6) is 1.18. The fourth-order valence-corrected chi connectivity index (χ4v) is 1.53. The van der Waals surface area contributed by atoms with E-state index < -0.39 is 0 Å². The molecule has 2 aromatic heterocycles. The van der Waals surface area contributed by atoms with Gasteiger partial charge in [0.15, 0.2) is 0 Å². The van der Waals surface area contributed by atoms with E-state index in [0.29, 0.717) is 17.8 Å². The normalized spacial score (nSPS) is 11.1. The van der Waals surface area contributed by atoms with Gasteiger partial charge in [0, 0.05) is 30.9 Å². The Morgan fingerprint density at radius 2 is 2.11 bits per heavy atom. The monoisotopic (exact) mass is 246 g/mol. The van der Waals surface area contributed by atoms with E-state index in [1.807, 2.05) is 19.1 Å². The molecule has 0 saturated carbocycles. The van der Waals surface area contributed by atoms with Crippen molar-refractivity contribution in [2.24, 2.45) is 0 Å². The van der Waals surface area contributed by atoms with Gasteiger partial charge in [-0.3, -0.25) is 4.98 Å². The number of aromatic nitrogens is 3. The Kier molecular flexibility index (Phi) is 4.04. The van der Waals surface area contributed by atoms with Crippen LogP contribution in [-0.4, -0.2) is 27.8 Å². The van der Waals surface area contributed by atoms with Crippen molar-refractivity contribution in [2.75, 3.05) is 6.54 Å². The van der Waals surface area contributed by atoms with E-state index in [1.165, 1.54) is 0 Å². The Hall–Kier alpha value is -1.75. The van der Waals surface area contributed by atoms with Gasteiger partial charge >= 0.3 is 0 Å². The average molecular weight is 246 g/mol. The van der Waals surface area contributed by atoms with Gasteiger partial charge in [0.25, 0.3) is 0 Å². The lowest BCUT2D eigenvalue weighted by Gasteiger charge is -2.04. The summed E-state index contributed by atoms with van der Waals surface area (Å²) in [5.41, 5.74) is 1.83. The zero-order valence-electron chi connectivity index (χ0n) is 11.0. The van der Waals surface area contributed by atoms with E-state index in [1.54, 1.807) is 6.20 Å². The van der Waals surface area contributed by atoms with Gasteiger partial charge in [0.2, 0.25) is 11.8 Å². The van der Waals surface area contributed by atoms with Crippen LogP contribution in [0.15, 0.2) is 22.7 Å². The maximum atomic E-state index is 5.59. The summed E-state index contributed by atoms with van der Waals surface area (Å²) in [6.45, 7) is 7.00. The molecule has 0 aromatic carbocycles. The third-order valence-corrected chi connectivity index (χ3v) is 2.52. The van der Waals surface area contributed by atoms with E-state index in [-0.39, 0.29) is 0 Å². The summed E-state index contributed by atoms with van der Waals surface area (Å²) in [6, 6.07) is 4.33. The SMILES string of the molecule is Cc1ccc(-c2nnc(CCNC(C)C)o2)cn1. The first kappa shape index (κ1) is 12.7. The predicted octanol–water partition coefficient (Wildman–Crippen LogP) is 1.98. The molecule has 0 bridgehead atoms. The molecule has 5 nitrogen and oxygen atoms in total. The molecule has 5 heteroatoms.